The number of halogens is 1. The zero-order valence-electron chi connectivity index (χ0n) is 13.7. The van der Waals surface area contributed by atoms with Crippen molar-refractivity contribution in [1.29, 1.82) is 0 Å². The Labute approximate surface area is 146 Å². The predicted octanol–water partition coefficient (Wildman–Crippen LogP) is 1.27. The molecule has 0 atom stereocenters. The van der Waals surface area contributed by atoms with Gasteiger partial charge in [-0.1, -0.05) is 13.8 Å². The molecule has 0 fully saturated rings. The predicted molar refractivity (Wildman–Crippen MR) is 99.4 cm³/mol. The first-order valence-corrected chi connectivity index (χ1v) is 8.87. The van der Waals surface area contributed by atoms with Gasteiger partial charge in [-0.05, 0) is 18.3 Å². The summed E-state index contributed by atoms with van der Waals surface area (Å²) in [6, 6.07) is 0. The Kier molecular flexibility index (Phi) is 12.7. The molecular formula is C13H30IN3O3S. The van der Waals surface area contributed by atoms with Gasteiger partial charge >= 0.3 is 0 Å². The second kappa shape index (κ2) is 11.5. The largest absolute Gasteiger partial charge is 0.385 e. The van der Waals surface area contributed by atoms with Crippen LogP contribution < -0.4 is 10.6 Å². The van der Waals surface area contributed by atoms with Crippen molar-refractivity contribution in [2.24, 2.45) is 10.4 Å². The smallest absolute Gasteiger partial charge is 0.190 e. The van der Waals surface area contributed by atoms with Crippen molar-refractivity contribution in [3.63, 3.8) is 0 Å². The number of methoxy groups -OCH3 is 1. The van der Waals surface area contributed by atoms with E-state index in [1.165, 1.54) is 6.26 Å². The molecule has 6 nitrogen and oxygen atoms in total. The minimum atomic E-state index is -2.91. The van der Waals surface area contributed by atoms with Gasteiger partial charge in [0.1, 0.15) is 9.84 Å². The van der Waals surface area contributed by atoms with Gasteiger partial charge in [-0.2, -0.15) is 0 Å². The quantitative estimate of drug-likeness (QED) is 0.247. The second-order valence-electron chi connectivity index (χ2n) is 5.74. The molecule has 21 heavy (non-hydrogen) atoms. The summed E-state index contributed by atoms with van der Waals surface area (Å²) in [6.45, 7) is 6.26. The number of guanidine groups is 1. The minimum Gasteiger partial charge on any atom is -0.385 e. The summed E-state index contributed by atoms with van der Waals surface area (Å²) in [7, 11) is 0.486. The Bertz CT molecular complexity index is 397. The lowest BCUT2D eigenvalue weighted by atomic mass is 9.90. The molecule has 0 saturated heterocycles. The van der Waals surface area contributed by atoms with E-state index < -0.39 is 9.84 Å². The van der Waals surface area contributed by atoms with Gasteiger partial charge in [-0.3, -0.25) is 4.99 Å². The molecule has 2 N–H and O–H groups in total. The Balaban J connectivity index is 0. The van der Waals surface area contributed by atoms with Gasteiger partial charge in [0.2, 0.25) is 0 Å². The summed E-state index contributed by atoms with van der Waals surface area (Å²) in [6.07, 6.45) is 2.81. The number of hydrogen-bond donors (Lipinski definition) is 2. The molecule has 0 aliphatic carbocycles. The van der Waals surface area contributed by atoms with E-state index in [9.17, 15) is 8.42 Å². The highest BCUT2D eigenvalue weighted by Gasteiger charge is 2.20. The Morgan fingerprint density at radius 2 is 1.90 bits per heavy atom. The van der Waals surface area contributed by atoms with Crippen LogP contribution in [0.25, 0.3) is 0 Å². The number of ether oxygens (including phenoxy) is 1. The van der Waals surface area contributed by atoms with Gasteiger partial charge < -0.3 is 15.4 Å². The van der Waals surface area contributed by atoms with Crippen LogP contribution in [0.5, 0.6) is 0 Å². The van der Waals surface area contributed by atoms with Gasteiger partial charge in [-0.15, -0.1) is 24.0 Å². The summed E-state index contributed by atoms with van der Waals surface area (Å²) in [4.78, 5) is 4.13. The maximum atomic E-state index is 11.2. The zero-order valence-corrected chi connectivity index (χ0v) is 16.9. The first kappa shape index (κ1) is 23.2. The Morgan fingerprint density at radius 1 is 1.29 bits per heavy atom. The molecule has 8 heteroatoms. The molecular weight excluding hydrogens is 405 g/mol. The average molecular weight is 435 g/mol. The van der Waals surface area contributed by atoms with Crippen molar-refractivity contribution >= 4 is 39.8 Å². The van der Waals surface area contributed by atoms with E-state index in [2.05, 4.69) is 15.6 Å². The van der Waals surface area contributed by atoms with E-state index in [1.54, 1.807) is 14.2 Å². The number of aliphatic imine (C=N–C) groups is 1. The van der Waals surface area contributed by atoms with Crippen LogP contribution in [-0.2, 0) is 14.6 Å². The van der Waals surface area contributed by atoms with Crippen LogP contribution in [0.3, 0.4) is 0 Å². The average Bonchev–Trinajstić information content (AvgIpc) is 2.35. The van der Waals surface area contributed by atoms with Crippen LogP contribution in [0, 0.1) is 5.41 Å². The SMILES string of the molecule is CN=C(NCCCOC)NCC(C)(C)CCS(C)(=O)=O.I. The van der Waals surface area contributed by atoms with Crippen molar-refractivity contribution < 1.29 is 13.2 Å². The highest BCUT2D eigenvalue weighted by molar-refractivity contribution is 14.0. The summed E-state index contributed by atoms with van der Waals surface area (Å²) in [5.74, 6) is 0.940. The third-order valence-corrected chi connectivity index (χ3v) is 3.87. The molecule has 0 aromatic heterocycles. The maximum Gasteiger partial charge on any atom is 0.190 e. The fraction of sp³-hybridized carbons (Fsp3) is 0.923. The molecule has 0 saturated carbocycles. The van der Waals surface area contributed by atoms with Gasteiger partial charge in [0.15, 0.2) is 5.96 Å². The summed E-state index contributed by atoms with van der Waals surface area (Å²) >= 11 is 0. The Morgan fingerprint density at radius 3 is 2.38 bits per heavy atom. The van der Waals surface area contributed by atoms with Crippen molar-refractivity contribution in [1.82, 2.24) is 10.6 Å². The van der Waals surface area contributed by atoms with Crippen molar-refractivity contribution in [3.8, 4) is 0 Å². The molecule has 0 heterocycles. The monoisotopic (exact) mass is 435 g/mol. The third kappa shape index (κ3) is 14.6. The van der Waals surface area contributed by atoms with Crippen LogP contribution in [0.2, 0.25) is 0 Å². The van der Waals surface area contributed by atoms with Crippen LogP contribution in [0.15, 0.2) is 4.99 Å². The third-order valence-electron chi connectivity index (χ3n) is 2.93. The lowest BCUT2D eigenvalue weighted by molar-refractivity contribution is 0.195. The van der Waals surface area contributed by atoms with E-state index in [0.717, 1.165) is 18.9 Å². The number of nitrogens with one attached hydrogen (secondary N) is 2. The highest BCUT2D eigenvalue weighted by atomic mass is 127. The van der Waals surface area contributed by atoms with Crippen LogP contribution in [0.4, 0.5) is 0 Å². The number of rotatable bonds is 9. The molecule has 0 spiro atoms. The standard InChI is InChI=1S/C13H29N3O3S.HI/c1-13(2,7-10-20(5,17)18)11-16-12(14-3)15-8-6-9-19-4;/h6-11H2,1-5H3,(H2,14,15,16);1H. The second-order valence-corrected chi connectivity index (χ2v) is 8.00. The maximum absolute atomic E-state index is 11.2. The van der Waals surface area contributed by atoms with E-state index >= 15 is 0 Å². The van der Waals surface area contributed by atoms with Crippen molar-refractivity contribution in [2.45, 2.75) is 26.7 Å². The molecule has 0 aromatic carbocycles. The highest BCUT2D eigenvalue weighted by Crippen LogP contribution is 2.19. The molecule has 0 bridgehead atoms. The van der Waals surface area contributed by atoms with E-state index in [0.29, 0.717) is 19.6 Å². The molecule has 0 aromatic rings. The molecule has 0 radical (unpaired) electrons. The fourth-order valence-electron chi connectivity index (χ4n) is 1.52. The van der Waals surface area contributed by atoms with Gasteiger partial charge in [0.25, 0.3) is 0 Å². The lowest BCUT2D eigenvalue weighted by Gasteiger charge is -2.25. The number of hydrogen-bond acceptors (Lipinski definition) is 4. The van der Waals surface area contributed by atoms with Crippen LogP contribution in [-0.4, -0.2) is 60.2 Å². The zero-order chi connectivity index (χ0) is 15.6. The molecule has 0 unspecified atom stereocenters. The first-order valence-electron chi connectivity index (χ1n) is 6.81. The topological polar surface area (TPSA) is 79.8 Å². The summed E-state index contributed by atoms with van der Waals surface area (Å²) in [5, 5.41) is 6.42. The summed E-state index contributed by atoms with van der Waals surface area (Å²) in [5.41, 5.74) is -0.104. The summed E-state index contributed by atoms with van der Waals surface area (Å²) < 4.78 is 27.4. The minimum absolute atomic E-state index is 0. The molecule has 0 aliphatic heterocycles. The Hall–Kier alpha value is -0.0900. The van der Waals surface area contributed by atoms with Gasteiger partial charge in [-0.25, -0.2) is 8.42 Å². The molecule has 0 rings (SSSR count). The fourth-order valence-corrected chi connectivity index (χ4v) is 2.44. The number of sulfone groups is 1. The van der Waals surface area contributed by atoms with Crippen LogP contribution in [0.1, 0.15) is 26.7 Å². The van der Waals surface area contributed by atoms with Gasteiger partial charge in [0, 0.05) is 40.1 Å². The van der Waals surface area contributed by atoms with Crippen molar-refractivity contribution in [2.75, 3.05) is 45.9 Å². The van der Waals surface area contributed by atoms with Gasteiger partial charge in [0.05, 0.1) is 5.75 Å². The van der Waals surface area contributed by atoms with Crippen molar-refractivity contribution in [3.05, 3.63) is 0 Å². The van der Waals surface area contributed by atoms with E-state index in [-0.39, 0.29) is 35.1 Å². The molecule has 128 valence electrons. The normalized spacial score (nSPS) is 12.7. The lowest BCUT2D eigenvalue weighted by Crippen LogP contribution is -2.42. The van der Waals surface area contributed by atoms with Crippen LogP contribution >= 0.6 is 24.0 Å². The number of nitrogens with zero attached hydrogens (tertiary/aromatic N) is 1. The molecule has 0 amide bonds. The molecule has 0 aliphatic rings. The first-order chi connectivity index (χ1) is 9.20. The van der Waals surface area contributed by atoms with E-state index in [1.807, 2.05) is 13.8 Å². The van der Waals surface area contributed by atoms with E-state index in [4.69, 9.17) is 4.74 Å².